The van der Waals surface area contributed by atoms with Gasteiger partial charge in [-0.3, -0.25) is 4.79 Å². The van der Waals surface area contributed by atoms with Gasteiger partial charge in [0.1, 0.15) is 5.82 Å². The third-order valence-corrected chi connectivity index (χ3v) is 7.53. The number of hydrogen-bond acceptors (Lipinski definition) is 3. The van der Waals surface area contributed by atoms with Crippen LogP contribution in [0, 0.1) is 5.82 Å². The summed E-state index contributed by atoms with van der Waals surface area (Å²) in [5.74, 6) is -1.57. The molecule has 0 heterocycles. The molecule has 0 atom stereocenters. The Labute approximate surface area is 116 Å². The number of ketones is 1. The van der Waals surface area contributed by atoms with Gasteiger partial charge in [-0.15, -0.1) is 0 Å². The van der Waals surface area contributed by atoms with Gasteiger partial charge in [-0.1, -0.05) is 19.1 Å². The van der Waals surface area contributed by atoms with Crippen molar-refractivity contribution in [3.63, 3.8) is 0 Å². The third kappa shape index (κ3) is 2.95. The number of carbonyl (C=O) groups excluding carboxylic acids is 1. The van der Waals surface area contributed by atoms with Crippen LogP contribution in [0.1, 0.15) is 17.3 Å². The van der Waals surface area contributed by atoms with E-state index in [0.29, 0.717) is 0 Å². The van der Waals surface area contributed by atoms with Crippen LogP contribution in [0.2, 0.25) is 0 Å². The van der Waals surface area contributed by atoms with Gasteiger partial charge in [0, 0.05) is 5.56 Å². The Morgan fingerprint density at radius 2 is 2.00 bits per heavy atom. The fourth-order valence-electron chi connectivity index (χ4n) is 1.12. The summed E-state index contributed by atoms with van der Waals surface area (Å²) in [7, 11) is -3.70. The molecule has 0 fully saturated rings. The van der Waals surface area contributed by atoms with E-state index in [0.717, 1.165) is 6.07 Å². The minimum absolute atomic E-state index is 0.0178. The number of sulfone groups is 1. The van der Waals surface area contributed by atoms with E-state index in [1.54, 1.807) is 0 Å². The molecule has 1 aromatic carbocycles. The van der Waals surface area contributed by atoms with Crippen molar-refractivity contribution in [2.45, 2.75) is 9.49 Å². The Morgan fingerprint density at radius 3 is 2.47 bits per heavy atom. The summed E-state index contributed by atoms with van der Waals surface area (Å²) in [4.78, 5) is 12.0. The van der Waals surface area contributed by atoms with Crippen LogP contribution in [0.25, 0.3) is 0 Å². The van der Waals surface area contributed by atoms with E-state index in [9.17, 15) is 17.6 Å². The third-order valence-electron chi connectivity index (χ3n) is 2.12. The molecule has 0 amide bonds. The highest BCUT2D eigenvalue weighted by atomic mass is 79.9. The maximum atomic E-state index is 13.0. The van der Waals surface area contributed by atoms with E-state index in [1.807, 2.05) is 0 Å². The highest BCUT2D eigenvalue weighted by Gasteiger charge is 2.45. The van der Waals surface area contributed by atoms with Crippen molar-refractivity contribution in [1.82, 2.24) is 0 Å². The lowest BCUT2D eigenvalue weighted by atomic mass is 10.1. The Morgan fingerprint density at radius 1 is 1.41 bits per heavy atom. The molecule has 0 aliphatic carbocycles. The van der Waals surface area contributed by atoms with Crippen LogP contribution in [-0.2, 0) is 9.84 Å². The zero-order chi connectivity index (χ0) is 13.3. The van der Waals surface area contributed by atoms with Gasteiger partial charge in [0.05, 0.1) is 5.75 Å². The first-order valence-corrected chi connectivity index (χ1v) is 7.86. The molecule has 3 nitrogen and oxygen atoms in total. The predicted octanol–water partition coefficient (Wildman–Crippen LogP) is 2.89. The molecule has 94 valence electrons. The minimum atomic E-state index is -3.70. The molecule has 1 rings (SSSR count). The summed E-state index contributed by atoms with van der Waals surface area (Å²) in [6.07, 6.45) is 0. The Hall–Kier alpha value is -0.270. The summed E-state index contributed by atoms with van der Waals surface area (Å²) < 4.78 is 34.5. The molecule has 0 N–H and O–H groups in total. The fourth-order valence-corrected chi connectivity index (χ4v) is 3.71. The van der Waals surface area contributed by atoms with Crippen molar-refractivity contribution in [3.05, 3.63) is 35.6 Å². The maximum Gasteiger partial charge on any atom is 0.243 e. The standard InChI is InChI=1S/C10H9Br2FO3S/c1-2-17(15,16)10(11,12)9(14)7-4-3-5-8(13)6-7/h3-6H,2H2,1H3. The van der Waals surface area contributed by atoms with Crippen LogP contribution in [0.15, 0.2) is 24.3 Å². The predicted molar refractivity (Wildman–Crippen MR) is 70.8 cm³/mol. The molecule has 0 radical (unpaired) electrons. The number of hydrogen-bond donors (Lipinski definition) is 0. The van der Waals surface area contributed by atoms with E-state index < -0.39 is 24.0 Å². The first-order valence-electron chi connectivity index (χ1n) is 4.63. The molecule has 0 bridgehead atoms. The molecule has 0 aliphatic rings. The second kappa shape index (κ2) is 5.16. The van der Waals surface area contributed by atoms with Crippen LogP contribution in [0.3, 0.4) is 0 Å². The van der Waals surface area contributed by atoms with Crippen molar-refractivity contribution in [1.29, 1.82) is 0 Å². The van der Waals surface area contributed by atoms with Crippen LogP contribution in [0.5, 0.6) is 0 Å². The fraction of sp³-hybridized carbons (Fsp3) is 0.300. The van der Waals surface area contributed by atoms with Crippen LogP contribution >= 0.6 is 31.9 Å². The normalized spacial score (nSPS) is 12.5. The van der Waals surface area contributed by atoms with E-state index in [4.69, 9.17) is 0 Å². The molecule has 0 saturated carbocycles. The van der Waals surface area contributed by atoms with Gasteiger partial charge in [-0.25, -0.2) is 12.8 Å². The van der Waals surface area contributed by atoms with Gasteiger partial charge < -0.3 is 0 Å². The van der Waals surface area contributed by atoms with Gasteiger partial charge in [0.15, 0.2) is 9.84 Å². The highest BCUT2D eigenvalue weighted by molar-refractivity contribution is 9.28. The first-order chi connectivity index (χ1) is 7.72. The Balaban J connectivity index is 3.23. The van der Waals surface area contributed by atoms with Crippen molar-refractivity contribution >= 4 is 47.5 Å². The Bertz CT molecular complexity index is 540. The van der Waals surface area contributed by atoms with E-state index in [-0.39, 0.29) is 11.3 Å². The monoisotopic (exact) mass is 386 g/mol. The molecule has 0 aromatic heterocycles. The van der Waals surface area contributed by atoms with Crippen molar-refractivity contribution < 1.29 is 17.6 Å². The smallest absolute Gasteiger partial charge is 0.243 e. The van der Waals surface area contributed by atoms with E-state index in [1.165, 1.54) is 25.1 Å². The van der Waals surface area contributed by atoms with Gasteiger partial charge in [0.2, 0.25) is 8.35 Å². The maximum absolute atomic E-state index is 13.0. The Kier molecular flexibility index (Phi) is 4.49. The number of alkyl halides is 2. The molecule has 7 heteroatoms. The van der Waals surface area contributed by atoms with Gasteiger partial charge >= 0.3 is 0 Å². The average molecular weight is 388 g/mol. The molecular weight excluding hydrogens is 379 g/mol. The molecule has 0 spiro atoms. The largest absolute Gasteiger partial charge is 0.290 e. The van der Waals surface area contributed by atoms with Crippen LogP contribution in [0.4, 0.5) is 4.39 Å². The highest BCUT2D eigenvalue weighted by Crippen LogP contribution is 2.37. The van der Waals surface area contributed by atoms with Crippen LogP contribution < -0.4 is 0 Å². The van der Waals surface area contributed by atoms with Gasteiger partial charge in [0.25, 0.3) is 0 Å². The molecular formula is C10H9Br2FO3S. The first kappa shape index (κ1) is 14.8. The number of benzene rings is 1. The molecule has 0 saturated heterocycles. The second-order valence-electron chi connectivity index (χ2n) is 3.26. The van der Waals surface area contributed by atoms with Crippen molar-refractivity contribution in [2.75, 3.05) is 5.75 Å². The average Bonchev–Trinajstić information content (AvgIpc) is 2.27. The van der Waals surface area contributed by atoms with Crippen molar-refractivity contribution in [2.24, 2.45) is 0 Å². The van der Waals surface area contributed by atoms with Gasteiger partial charge in [-0.2, -0.15) is 0 Å². The van der Waals surface area contributed by atoms with E-state index in [2.05, 4.69) is 31.9 Å². The topological polar surface area (TPSA) is 51.2 Å². The summed E-state index contributed by atoms with van der Waals surface area (Å²) in [6.45, 7) is 1.42. The molecule has 0 aliphatic heterocycles. The SMILES string of the molecule is CCS(=O)(=O)C(Br)(Br)C(=O)c1cccc(F)c1. The number of carbonyl (C=O) groups is 1. The van der Waals surface area contributed by atoms with Crippen LogP contribution in [-0.4, -0.2) is 22.5 Å². The summed E-state index contributed by atoms with van der Waals surface area (Å²) in [6, 6.07) is 4.87. The molecule has 1 aromatic rings. The van der Waals surface area contributed by atoms with Crippen molar-refractivity contribution in [3.8, 4) is 0 Å². The lowest BCUT2D eigenvalue weighted by Crippen LogP contribution is -2.35. The lowest BCUT2D eigenvalue weighted by Gasteiger charge is -2.18. The zero-order valence-electron chi connectivity index (χ0n) is 8.78. The lowest BCUT2D eigenvalue weighted by molar-refractivity contribution is 0.100. The summed E-state index contributed by atoms with van der Waals surface area (Å²) >= 11 is 5.69. The molecule has 0 unspecified atom stereocenters. The second-order valence-corrected chi connectivity index (χ2v) is 10.2. The number of Topliss-reactive ketones (excluding diaryl/α,β-unsaturated/α-hetero) is 1. The summed E-state index contributed by atoms with van der Waals surface area (Å²) in [5.41, 5.74) is -0.0178. The zero-order valence-corrected chi connectivity index (χ0v) is 12.8. The quantitative estimate of drug-likeness (QED) is 0.589. The summed E-state index contributed by atoms with van der Waals surface area (Å²) in [5, 5.41) is 0. The minimum Gasteiger partial charge on any atom is -0.290 e. The number of halogens is 3. The van der Waals surface area contributed by atoms with Gasteiger partial charge in [-0.05, 0) is 44.0 Å². The molecule has 17 heavy (non-hydrogen) atoms. The van der Waals surface area contributed by atoms with E-state index >= 15 is 0 Å². The number of rotatable bonds is 4.